The van der Waals surface area contributed by atoms with Crippen LogP contribution in [0.4, 0.5) is 0 Å². The van der Waals surface area contributed by atoms with Gasteiger partial charge in [0.2, 0.25) is 0 Å². The highest BCUT2D eigenvalue weighted by molar-refractivity contribution is 6.50. The summed E-state index contributed by atoms with van der Waals surface area (Å²) in [5.41, 5.74) is 3.94. The molecule has 2 amide bonds. The summed E-state index contributed by atoms with van der Waals surface area (Å²) in [6, 6.07) is 15.8. The number of ether oxygens (including phenoxy) is 2. The number of fused-ring (bicyclic) bond motifs is 12. The molecule has 0 unspecified atom stereocenters. The van der Waals surface area contributed by atoms with Gasteiger partial charge in [0.05, 0.1) is 23.9 Å². The monoisotopic (exact) mass is 540 g/mol. The third-order valence-electron chi connectivity index (χ3n) is 7.63. The average molecular weight is 541 g/mol. The molecule has 40 heavy (non-hydrogen) atoms. The summed E-state index contributed by atoms with van der Waals surface area (Å²) in [5, 5.41) is 1.75. The number of carbonyl (C=O) groups excluding carboxylic acids is 3. The topological polar surface area (TPSA) is 86.0 Å². The number of esters is 1. The molecule has 2 aromatic heterocycles. The molecule has 4 heterocycles. The molecule has 0 aliphatic carbocycles. The molecule has 206 valence electrons. The SMILES string of the molecule is CC(=O)OCN1C(=O)C2=C(C1=O)c1cn(c3ccccc13)CC[C@@H](CN(C)C)OCCn1cc2c2ccccc21. The second-order valence-corrected chi connectivity index (χ2v) is 10.6. The van der Waals surface area contributed by atoms with E-state index < -0.39 is 24.5 Å². The molecule has 0 radical (unpaired) electrons. The van der Waals surface area contributed by atoms with Crippen molar-refractivity contribution in [2.45, 2.75) is 32.5 Å². The van der Waals surface area contributed by atoms with Gasteiger partial charge in [0.15, 0.2) is 6.73 Å². The maximum Gasteiger partial charge on any atom is 0.304 e. The molecule has 9 heteroatoms. The summed E-state index contributed by atoms with van der Waals surface area (Å²) in [5.74, 6) is -1.51. The van der Waals surface area contributed by atoms with Crippen molar-refractivity contribution < 1.29 is 23.9 Å². The van der Waals surface area contributed by atoms with Crippen LogP contribution in [-0.2, 0) is 36.9 Å². The van der Waals surface area contributed by atoms with Crippen LogP contribution in [0.5, 0.6) is 0 Å². The second-order valence-electron chi connectivity index (χ2n) is 10.6. The third kappa shape index (κ3) is 4.51. The normalized spacial score (nSPS) is 18.1. The van der Waals surface area contributed by atoms with Crippen LogP contribution in [0.15, 0.2) is 60.9 Å². The fourth-order valence-electron chi connectivity index (χ4n) is 5.85. The number of likely N-dealkylation sites (N-methyl/N-ethyl adjacent to an activating group) is 1. The van der Waals surface area contributed by atoms with Gasteiger partial charge < -0.3 is 23.5 Å². The van der Waals surface area contributed by atoms with Gasteiger partial charge in [0.25, 0.3) is 11.8 Å². The number of aryl methyl sites for hydroxylation is 1. The van der Waals surface area contributed by atoms with Gasteiger partial charge in [-0.3, -0.25) is 14.4 Å². The number of amides is 2. The summed E-state index contributed by atoms with van der Waals surface area (Å²) in [4.78, 5) is 42.7. The standard InChI is InChI=1S/C31H32N4O5/c1-20(36)40-19-35-30(37)28-24-17-33(26-10-6-4-8-22(24)26)13-12-21(16-32(2)3)39-15-14-34-18-25(29(28)31(35)38)23-9-5-7-11-27(23)34/h4-11,17-18,21H,12-16,19H2,1-3H3/t21-/m0/s1. The van der Waals surface area contributed by atoms with E-state index in [1.165, 1.54) is 6.92 Å². The lowest BCUT2D eigenvalue weighted by Crippen LogP contribution is -2.34. The van der Waals surface area contributed by atoms with Gasteiger partial charge in [-0.05, 0) is 32.6 Å². The number of benzene rings is 2. The molecule has 4 bridgehead atoms. The zero-order chi connectivity index (χ0) is 28.0. The van der Waals surface area contributed by atoms with E-state index in [1.807, 2.05) is 75.0 Å². The van der Waals surface area contributed by atoms with E-state index in [0.29, 0.717) is 42.0 Å². The highest BCUT2D eigenvalue weighted by atomic mass is 16.5. The first-order valence-corrected chi connectivity index (χ1v) is 13.5. The smallest absolute Gasteiger partial charge is 0.304 e. The summed E-state index contributed by atoms with van der Waals surface area (Å²) in [6.45, 7) is 3.40. The lowest BCUT2D eigenvalue weighted by atomic mass is 9.95. The number of imide groups is 1. The molecule has 0 spiro atoms. The van der Waals surface area contributed by atoms with Crippen molar-refractivity contribution in [2.24, 2.45) is 0 Å². The fourth-order valence-corrected chi connectivity index (χ4v) is 5.85. The largest absolute Gasteiger partial charge is 0.444 e. The summed E-state index contributed by atoms with van der Waals surface area (Å²) < 4.78 is 15.8. The predicted octanol–water partition coefficient (Wildman–Crippen LogP) is 3.75. The molecule has 6 rings (SSSR count). The molecule has 1 atom stereocenters. The van der Waals surface area contributed by atoms with Crippen LogP contribution in [0.2, 0.25) is 0 Å². The lowest BCUT2D eigenvalue weighted by Gasteiger charge is -2.22. The minimum absolute atomic E-state index is 0.0209. The lowest BCUT2D eigenvalue weighted by molar-refractivity contribution is -0.152. The highest BCUT2D eigenvalue weighted by Gasteiger charge is 2.42. The summed E-state index contributed by atoms with van der Waals surface area (Å²) >= 11 is 0. The molecular formula is C31H32N4O5. The van der Waals surface area contributed by atoms with Crippen molar-refractivity contribution in [3.05, 3.63) is 72.1 Å². The Hall–Kier alpha value is -4.21. The molecule has 4 aromatic rings. The first kappa shape index (κ1) is 26.0. The average Bonchev–Trinajstić information content (AvgIpc) is 3.55. The Bertz CT molecular complexity index is 1680. The van der Waals surface area contributed by atoms with Crippen molar-refractivity contribution in [3.63, 3.8) is 0 Å². The van der Waals surface area contributed by atoms with Gasteiger partial charge in [0, 0.05) is 71.9 Å². The van der Waals surface area contributed by atoms with Crippen molar-refractivity contribution in [2.75, 3.05) is 34.0 Å². The number of carbonyl (C=O) groups is 3. The van der Waals surface area contributed by atoms with Gasteiger partial charge in [0.1, 0.15) is 0 Å². The molecule has 2 aromatic carbocycles. The van der Waals surface area contributed by atoms with Crippen LogP contribution in [0.25, 0.3) is 33.0 Å². The zero-order valence-corrected chi connectivity index (χ0v) is 22.9. The van der Waals surface area contributed by atoms with E-state index >= 15 is 0 Å². The number of rotatable bonds is 4. The first-order valence-electron chi connectivity index (χ1n) is 13.5. The minimum atomic E-state index is -0.561. The maximum atomic E-state index is 14.0. The molecule has 0 N–H and O–H groups in total. The predicted molar refractivity (Wildman–Crippen MR) is 152 cm³/mol. The van der Waals surface area contributed by atoms with Crippen LogP contribution < -0.4 is 0 Å². The van der Waals surface area contributed by atoms with Crippen LogP contribution >= 0.6 is 0 Å². The van der Waals surface area contributed by atoms with Gasteiger partial charge in [-0.2, -0.15) is 0 Å². The zero-order valence-electron chi connectivity index (χ0n) is 22.9. The van der Waals surface area contributed by atoms with Gasteiger partial charge in [-0.1, -0.05) is 36.4 Å². The second kappa shape index (κ2) is 10.4. The van der Waals surface area contributed by atoms with Gasteiger partial charge >= 0.3 is 5.97 Å². The molecule has 0 saturated heterocycles. The Labute approximate surface area is 232 Å². The highest BCUT2D eigenvalue weighted by Crippen LogP contribution is 2.42. The first-order chi connectivity index (χ1) is 19.3. The van der Waals surface area contributed by atoms with E-state index in [-0.39, 0.29) is 6.10 Å². The van der Waals surface area contributed by atoms with E-state index in [0.717, 1.165) is 39.7 Å². The molecular weight excluding hydrogens is 508 g/mol. The number of nitrogens with zero attached hydrogens (tertiary/aromatic N) is 4. The Kier molecular flexibility index (Phi) is 6.77. The van der Waals surface area contributed by atoms with Crippen molar-refractivity contribution in [1.29, 1.82) is 0 Å². The Morgan fingerprint density at radius 2 is 1.45 bits per heavy atom. The van der Waals surface area contributed by atoms with Crippen LogP contribution in [0.3, 0.4) is 0 Å². The quantitative estimate of drug-likeness (QED) is 0.290. The number of hydrogen-bond donors (Lipinski definition) is 0. The van der Waals surface area contributed by atoms with Crippen molar-refractivity contribution in [1.82, 2.24) is 18.9 Å². The number of para-hydroxylation sites is 2. The van der Waals surface area contributed by atoms with E-state index in [1.54, 1.807) is 0 Å². The van der Waals surface area contributed by atoms with Gasteiger partial charge in [-0.15, -0.1) is 0 Å². The van der Waals surface area contributed by atoms with Crippen LogP contribution in [-0.4, -0.2) is 76.8 Å². The number of hydrogen-bond acceptors (Lipinski definition) is 6. The van der Waals surface area contributed by atoms with E-state index in [4.69, 9.17) is 9.47 Å². The van der Waals surface area contributed by atoms with E-state index in [2.05, 4.69) is 14.0 Å². The molecule has 9 nitrogen and oxygen atoms in total. The van der Waals surface area contributed by atoms with Crippen molar-refractivity contribution in [3.8, 4) is 0 Å². The Balaban J connectivity index is 1.60. The van der Waals surface area contributed by atoms with Crippen molar-refractivity contribution >= 4 is 50.7 Å². The molecule has 2 aliphatic heterocycles. The maximum absolute atomic E-state index is 14.0. The summed E-state index contributed by atoms with van der Waals surface area (Å²) in [6.07, 6.45) is 4.71. The molecule has 2 aliphatic rings. The van der Waals surface area contributed by atoms with E-state index in [9.17, 15) is 14.4 Å². The third-order valence-corrected chi connectivity index (χ3v) is 7.63. The van der Waals surface area contributed by atoms with Crippen LogP contribution in [0.1, 0.15) is 24.5 Å². The minimum Gasteiger partial charge on any atom is -0.444 e. The summed E-state index contributed by atoms with van der Waals surface area (Å²) in [7, 11) is 4.09. The van der Waals surface area contributed by atoms with Crippen LogP contribution in [0, 0.1) is 0 Å². The Morgan fingerprint density at radius 3 is 2.00 bits per heavy atom. The van der Waals surface area contributed by atoms with Gasteiger partial charge in [-0.25, -0.2) is 4.90 Å². The molecule has 0 fully saturated rings. The molecule has 0 saturated carbocycles. The Morgan fingerprint density at radius 1 is 0.900 bits per heavy atom. The fraction of sp³-hybridized carbons (Fsp3) is 0.323. The number of aromatic nitrogens is 2.